The van der Waals surface area contributed by atoms with Crippen LogP contribution in [0.4, 0.5) is 0 Å². The maximum Gasteiger partial charge on any atom is 0.213 e. The van der Waals surface area contributed by atoms with Crippen LogP contribution in [0, 0.1) is 5.92 Å². The number of Topliss-reactive ketones (excluding diaryl/α,β-unsaturated/α-hetero) is 1. The Bertz CT molecular complexity index is 420. The Hall–Kier alpha value is -1.42. The Kier molecular flexibility index (Phi) is 4.31. The van der Waals surface area contributed by atoms with Crippen LogP contribution in [0.2, 0.25) is 0 Å². The molecule has 0 bridgehead atoms. The number of rotatable bonds is 4. The Morgan fingerprint density at radius 3 is 3.11 bits per heavy atom. The first-order valence-electron chi connectivity index (χ1n) is 6.42. The lowest BCUT2D eigenvalue weighted by atomic mass is 9.94. The molecule has 0 aromatic carbocycles. The second-order valence-electron chi connectivity index (χ2n) is 4.86. The highest BCUT2D eigenvalue weighted by Gasteiger charge is 2.23. The number of methoxy groups -OCH3 is 1. The van der Waals surface area contributed by atoms with Crippen molar-refractivity contribution in [2.45, 2.75) is 26.3 Å². The van der Waals surface area contributed by atoms with Crippen molar-refractivity contribution in [1.82, 2.24) is 9.88 Å². The summed E-state index contributed by atoms with van der Waals surface area (Å²) in [4.78, 5) is 18.1. The number of carbonyl (C=O) groups is 1. The summed E-state index contributed by atoms with van der Waals surface area (Å²) in [5, 5.41) is 0. The molecule has 1 aliphatic heterocycles. The number of likely N-dealkylation sites (tertiary alicyclic amines) is 1. The van der Waals surface area contributed by atoms with Crippen LogP contribution in [0.1, 0.15) is 25.5 Å². The molecule has 0 amide bonds. The van der Waals surface area contributed by atoms with E-state index >= 15 is 0 Å². The van der Waals surface area contributed by atoms with Crippen molar-refractivity contribution >= 4 is 5.78 Å². The molecule has 0 saturated carbocycles. The minimum absolute atomic E-state index is 0.198. The van der Waals surface area contributed by atoms with Gasteiger partial charge in [-0.15, -0.1) is 0 Å². The summed E-state index contributed by atoms with van der Waals surface area (Å²) in [5.41, 5.74) is 0.999. The first-order chi connectivity index (χ1) is 8.69. The predicted octanol–water partition coefficient (Wildman–Crippen LogP) is 1.89. The summed E-state index contributed by atoms with van der Waals surface area (Å²) in [6.45, 7) is 4.38. The van der Waals surface area contributed by atoms with E-state index in [2.05, 4.69) is 9.88 Å². The number of carbonyl (C=O) groups excluding carboxylic acids is 1. The molecule has 1 aliphatic rings. The Morgan fingerprint density at radius 2 is 2.39 bits per heavy atom. The molecule has 1 aromatic heterocycles. The van der Waals surface area contributed by atoms with Crippen LogP contribution in [-0.4, -0.2) is 35.9 Å². The van der Waals surface area contributed by atoms with E-state index in [0.29, 0.717) is 11.7 Å². The lowest BCUT2D eigenvalue weighted by molar-refractivity contribution is -0.122. The highest BCUT2D eigenvalue weighted by molar-refractivity contribution is 5.78. The van der Waals surface area contributed by atoms with Crippen LogP contribution in [0.25, 0.3) is 0 Å². The molecule has 4 heteroatoms. The van der Waals surface area contributed by atoms with Crippen LogP contribution < -0.4 is 4.74 Å². The molecule has 0 aliphatic carbocycles. The summed E-state index contributed by atoms with van der Waals surface area (Å²) in [5.74, 6) is 1.15. The van der Waals surface area contributed by atoms with Gasteiger partial charge >= 0.3 is 0 Å². The SMILES string of the molecule is COc1cccc(CN2CCCC(C(C)=O)C2)n1. The molecule has 1 atom stereocenters. The fraction of sp³-hybridized carbons (Fsp3) is 0.571. The van der Waals surface area contributed by atoms with E-state index in [-0.39, 0.29) is 5.92 Å². The van der Waals surface area contributed by atoms with Gasteiger partial charge in [0.25, 0.3) is 0 Å². The van der Waals surface area contributed by atoms with Gasteiger partial charge in [-0.1, -0.05) is 6.07 Å². The van der Waals surface area contributed by atoms with Crippen molar-refractivity contribution < 1.29 is 9.53 Å². The number of hydrogen-bond donors (Lipinski definition) is 0. The van der Waals surface area contributed by atoms with Gasteiger partial charge in [0.05, 0.1) is 12.8 Å². The highest BCUT2D eigenvalue weighted by atomic mass is 16.5. The number of piperidine rings is 1. The number of hydrogen-bond acceptors (Lipinski definition) is 4. The average Bonchev–Trinajstić information content (AvgIpc) is 2.39. The third-order valence-electron chi connectivity index (χ3n) is 3.46. The van der Waals surface area contributed by atoms with Gasteiger partial charge in [-0.2, -0.15) is 0 Å². The fourth-order valence-electron chi connectivity index (χ4n) is 2.42. The Balaban J connectivity index is 1.97. The number of aromatic nitrogens is 1. The lowest BCUT2D eigenvalue weighted by Crippen LogP contribution is -2.37. The normalized spacial score (nSPS) is 20.7. The molecular formula is C14H20N2O2. The quantitative estimate of drug-likeness (QED) is 0.816. The van der Waals surface area contributed by atoms with E-state index in [1.807, 2.05) is 18.2 Å². The topological polar surface area (TPSA) is 42.4 Å². The second kappa shape index (κ2) is 5.96. The summed E-state index contributed by atoms with van der Waals surface area (Å²) in [6, 6.07) is 5.80. The van der Waals surface area contributed by atoms with Gasteiger partial charge < -0.3 is 4.74 Å². The van der Waals surface area contributed by atoms with Crippen molar-refractivity contribution in [3.63, 3.8) is 0 Å². The molecule has 2 rings (SSSR count). The molecule has 2 heterocycles. The monoisotopic (exact) mass is 248 g/mol. The largest absolute Gasteiger partial charge is 0.481 e. The molecule has 1 fully saturated rings. The molecular weight excluding hydrogens is 228 g/mol. The zero-order valence-electron chi connectivity index (χ0n) is 11.1. The van der Waals surface area contributed by atoms with Crippen molar-refractivity contribution in [3.8, 4) is 5.88 Å². The van der Waals surface area contributed by atoms with Gasteiger partial charge in [0.1, 0.15) is 5.78 Å². The molecule has 18 heavy (non-hydrogen) atoms. The molecule has 1 aromatic rings. The van der Waals surface area contributed by atoms with Gasteiger partial charge in [-0.25, -0.2) is 4.98 Å². The molecule has 4 nitrogen and oxygen atoms in total. The first kappa shape index (κ1) is 13.0. The number of pyridine rings is 1. The van der Waals surface area contributed by atoms with Gasteiger partial charge in [-0.05, 0) is 32.4 Å². The summed E-state index contributed by atoms with van der Waals surface area (Å²) in [7, 11) is 1.62. The van der Waals surface area contributed by atoms with Gasteiger partial charge in [0.2, 0.25) is 5.88 Å². The van der Waals surface area contributed by atoms with Gasteiger partial charge in [0.15, 0.2) is 0 Å². The lowest BCUT2D eigenvalue weighted by Gasteiger charge is -2.31. The Morgan fingerprint density at radius 1 is 1.56 bits per heavy atom. The summed E-state index contributed by atoms with van der Waals surface area (Å²) in [6.07, 6.45) is 2.12. The fourth-order valence-corrected chi connectivity index (χ4v) is 2.42. The maximum atomic E-state index is 11.4. The average molecular weight is 248 g/mol. The maximum absolute atomic E-state index is 11.4. The van der Waals surface area contributed by atoms with E-state index in [0.717, 1.165) is 38.2 Å². The van der Waals surface area contributed by atoms with Crippen LogP contribution in [0.5, 0.6) is 5.88 Å². The predicted molar refractivity (Wildman–Crippen MR) is 69.5 cm³/mol. The van der Waals surface area contributed by atoms with Crippen LogP contribution in [0.15, 0.2) is 18.2 Å². The molecule has 0 N–H and O–H groups in total. The first-order valence-corrected chi connectivity index (χ1v) is 6.42. The third-order valence-corrected chi connectivity index (χ3v) is 3.46. The Labute approximate surface area is 108 Å². The zero-order valence-corrected chi connectivity index (χ0v) is 11.1. The van der Waals surface area contributed by atoms with Crippen LogP contribution in [-0.2, 0) is 11.3 Å². The molecule has 1 saturated heterocycles. The molecule has 98 valence electrons. The van der Waals surface area contributed by atoms with Crippen molar-refractivity contribution in [3.05, 3.63) is 23.9 Å². The van der Waals surface area contributed by atoms with Crippen LogP contribution >= 0.6 is 0 Å². The van der Waals surface area contributed by atoms with E-state index in [1.54, 1.807) is 14.0 Å². The standard InChI is InChI=1S/C14H20N2O2/c1-11(17)12-5-4-8-16(9-12)10-13-6-3-7-14(15-13)18-2/h3,6-7,12H,4-5,8-10H2,1-2H3. The van der Waals surface area contributed by atoms with Gasteiger partial charge in [-0.3, -0.25) is 9.69 Å². The molecule has 0 spiro atoms. The van der Waals surface area contributed by atoms with E-state index in [4.69, 9.17) is 4.74 Å². The minimum atomic E-state index is 0.198. The summed E-state index contributed by atoms with van der Waals surface area (Å²) >= 11 is 0. The number of ether oxygens (including phenoxy) is 1. The number of ketones is 1. The third kappa shape index (κ3) is 3.29. The number of nitrogens with zero attached hydrogens (tertiary/aromatic N) is 2. The molecule has 0 radical (unpaired) electrons. The highest BCUT2D eigenvalue weighted by Crippen LogP contribution is 2.19. The molecule has 1 unspecified atom stereocenters. The van der Waals surface area contributed by atoms with Crippen LogP contribution in [0.3, 0.4) is 0 Å². The zero-order chi connectivity index (χ0) is 13.0. The smallest absolute Gasteiger partial charge is 0.213 e. The van der Waals surface area contributed by atoms with E-state index in [9.17, 15) is 4.79 Å². The minimum Gasteiger partial charge on any atom is -0.481 e. The second-order valence-corrected chi connectivity index (χ2v) is 4.86. The van der Waals surface area contributed by atoms with E-state index in [1.165, 1.54) is 0 Å². The van der Waals surface area contributed by atoms with Crippen molar-refractivity contribution in [2.24, 2.45) is 5.92 Å². The van der Waals surface area contributed by atoms with Gasteiger partial charge in [0, 0.05) is 25.1 Å². The van der Waals surface area contributed by atoms with E-state index < -0.39 is 0 Å². The van der Waals surface area contributed by atoms with Crippen molar-refractivity contribution in [2.75, 3.05) is 20.2 Å². The van der Waals surface area contributed by atoms with Crippen molar-refractivity contribution in [1.29, 1.82) is 0 Å². The summed E-state index contributed by atoms with van der Waals surface area (Å²) < 4.78 is 5.12.